The summed E-state index contributed by atoms with van der Waals surface area (Å²) in [7, 11) is -3.61. The fourth-order valence-corrected chi connectivity index (χ4v) is 3.63. The van der Waals surface area contributed by atoms with Crippen LogP contribution in [0.25, 0.3) is 6.08 Å². The van der Waals surface area contributed by atoms with Crippen LogP contribution >= 0.6 is 0 Å². The first-order valence-corrected chi connectivity index (χ1v) is 10.9. The normalized spacial score (nSPS) is 14.5. The molecule has 0 bridgehead atoms. The first-order chi connectivity index (χ1) is 13.9. The summed E-state index contributed by atoms with van der Waals surface area (Å²) in [5, 5.41) is 3.95. The Hall–Kier alpha value is -2.84. The molecule has 0 saturated heterocycles. The van der Waals surface area contributed by atoms with Gasteiger partial charge in [0.1, 0.15) is 13.2 Å². The van der Waals surface area contributed by atoms with Gasteiger partial charge < -0.3 is 14.8 Å². The maximum Gasteiger partial charge on any atom is 0.233 e. The second kappa shape index (κ2) is 9.58. The molecule has 154 valence electrons. The van der Waals surface area contributed by atoms with Crippen LogP contribution in [0.4, 0.5) is 0 Å². The number of benzene rings is 2. The van der Waals surface area contributed by atoms with Gasteiger partial charge in [0.25, 0.3) is 0 Å². The van der Waals surface area contributed by atoms with E-state index in [2.05, 4.69) is 10.0 Å². The van der Waals surface area contributed by atoms with Crippen molar-refractivity contribution in [3.05, 3.63) is 65.1 Å². The number of fused-ring (bicyclic) bond motifs is 1. The van der Waals surface area contributed by atoms with Gasteiger partial charge in [0.2, 0.25) is 15.9 Å². The third kappa shape index (κ3) is 6.33. The second-order valence-corrected chi connectivity index (χ2v) is 8.25. The molecule has 2 aromatic carbocycles. The lowest BCUT2D eigenvalue weighted by Gasteiger charge is -2.21. The summed E-state index contributed by atoms with van der Waals surface area (Å²) in [5.74, 6) is 1.10. The van der Waals surface area contributed by atoms with Crippen molar-refractivity contribution in [2.45, 2.75) is 19.4 Å². The van der Waals surface area contributed by atoms with Crippen molar-refractivity contribution in [1.82, 2.24) is 10.0 Å². The van der Waals surface area contributed by atoms with Crippen LogP contribution in [0.1, 0.15) is 30.5 Å². The summed E-state index contributed by atoms with van der Waals surface area (Å²) in [4.78, 5) is 12.2. The fourth-order valence-electron chi connectivity index (χ4n) is 2.81. The number of ether oxygens (including phenoxy) is 2. The number of carbonyl (C=O) groups is 1. The van der Waals surface area contributed by atoms with Crippen LogP contribution in [0.2, 0.25) is 0 Å². The zero-order valence-corrected chi connectivity index (χ0v) is 16.9. The largest absolute Gasteiger partial charge is 0.486 e. The molecule has 1 atom stereocenters. The zero-order chi connectivity index (χ0) is 20.7. The molecular formula is C21H24N2O5S. The Morgan fingerprint density at radius 3 is 2.59 bits per heavy atom. The molecule has 8 heteroatoms. The smallest absolute Gasteiger partial charge is 0.233 e. The van der Waals surface area contributed by atoms with Crippen LogP contribution in [-0.4, -0.2) is 34.1 Å². The van der Waals surface area contributed by atoms with Gasteiger partial charge in [-0.25, -0.2) is 13.1 Å². The van der Waals surface area contributed by atoms with Gasteiger partial charge in [0.15, 0.2) is 11.5 Å². The maximum atomic E-state index is 12.2. The van der Waals surface area contributed by atoms with E-state index in [1.807, 2.05) is 43.3 Å². The lowest BCUT2D eigenvalue weighted by molar-refractivity contribution is -0.121. The molecular weight excluding hydrogens is 392 g/mol. The topological polar surface area (TPSA) is 93.7 Å². The number of amides is 1. The van der Waals surface area contributed by atoms with Crippen molar-refractivity contribution in [2.75, 3.05) is 19.8 Å². The summed E-state index contributed by atoms with van der Waals surface area (Å²) in [6.45, 7) is 2.89. The van der Waals surface area contributed by atoms with Crippen LogP contribution in [0, 0.1) is 0 Å². The van der Waals surface area contributed by atoms with Gasteiger partial charge in [-0.05, 0) is 36.3 Å². The molecule has 2 N–H and O–H groups in total. The molecule has 0 fully saturated rings. The maximum absolute atomic E-state index is 12.2. The predicted molar refractivity (Wildman–Crippen MR) is 111 cm³/mol. The van der Waals surface area contributed by atoms with Crippen molar-refractivity contribution in [3.8, 4) is 11.5 Å². The van der Waals surface area contributed by atoms with E-state index < -0.39 is 10.0 Å². The monoisotopic (exact) mass is 416 g/mol. The first-order valence-electron chi connectivity index (χ1n) is 9.35. The second-order valence-electron chi connectivity index (χ2n) is 6.60. The van der Waals surface area contributed by atoms with Crippen LogP contribution < -0.4 is 19.5 Å². The fraction of sp³-hybridized carbons (Fsp3) is 0.286. The molecule has 1 amide bonds. The van der Waals surface area contributed by atoms with Crippen molar-refractivity contribution >= 4 is 22.0 Å². The minimum absolute atomic E-state index is 0.0150. The highest BCUT2D eigenvalue weighted by molar-refractivity contribution is 7.92. The first kappa shape index (κ1) is 20.9. The average molecular weight is 416 g/mol. The van der Waals surface area contributed by atoms with Crippen molar-refractivity contribution < 1.29 is 22.7 Å². The highest BCUT2D eigenvalue weighted by Gasteiger charge is 2.16. The SMILES string of the molecule is CC(NC(=O)CCNS(=O)(=O)/C=C/c1ccccc1)c1ccc2c(c1)OCCO2. The Labute approximate surface area is 170 Å². The van der Waals surface area contributed by atoms with Gasteiger partial charge in [-0.1, -0.05) is 36.4 Å². The molecule has 2 aromatic rings. The average Bonchev–Trinajstić information content (AvgIpc) is 2.72. The predicted octanol–water partition coefficient (Wildman–Crippen LogP) is 2.62. The van der Waals surface area contributed by atoms with Gasteiger partial charge in [-0.15, -0.1) is 0 Å². The molecule has 0 aliphatic carbocycles. The summed E-state index contributed by atoms with van der Waals surface area (Å²) < 4.78 is 37.5. The van der Waals surface area contributed by atoms with E-state index in [0.717, 1.165) is 16.5 Å². The molecule has 1 aliphatic rings. The number of rotatable bonds is 8. The molecule has 0 saturated carbocycles. The number of hydrogen-bond acceptors (Lipinski definition) is 5. The van der Waals surface area contributed by atoms with Crippen molar-refractivity contribution in [2.24, 2.45) is 0 Å². The molecule has 0 spiro atoms. The molecule has 1 heterocycles. The Balaban J connectivity index is 1.46. The van der Waals surface area contributed by atoms with Gasteiger partial charge in [-0.3, -0.25) is 4.79 Å². The summed E-state index contributed by atoms with van der Waals surface area (Å²) >= 11 is 0. The van der Waals surface area contributed by atoms with Crippen LogP contribution in [0.5, 0.6) is 11.5 Å². The standard InChI is InChI=1S/C21H24N2O5S/c1-16(18-7-8-19-20(15-18)28-13-12-27-19)23-21(24)9-11-22-29(25,26)14-10-17-5-3-2-4-6-17/h2-8,10,14-16,22H,9,11-13H2,1H3,(H,23,24)/b14-10+. The molecule has 0 radical (unpaired) electrons. The van der Waals surface area contributed by atoms with E-state index in [1.54, 1.807) is 12.1 Å². The highest BCUT2D eigenvalue weighted by Crippen LogP contribution is 2.32. The van der Waals surface area contributed by atoms with Crippen molar-refractivity contribution in [3.63, 3.8) is 0 Å². The number of sulfonamides is 1. The third-order valence-electron chi connectivity index (χ3n) is 4.34. The van der Waals surface area contributed by atoms with E-state index >= 15 is 0 Å². The van der Waals surface area contributed by atoms with E-state index in [1.165, 1.54) is 6.08 Å². The summed E-state index contributed by atoms with van der Waals surface area (Å²) in [6.07, 6.45) is 1.54. The molecule has 7 nitrogen and oxygen atoms in total. The Morgan fingerprint density at radius 1 is 1.10 bits per heavy atom. The quantitative estimate of drug-likeness (QED) is 0.690. The molecule has 29 heavy (non-hydrogen) atoms. The lowest BCUT2D eigenvalue weighted by atomic mass is 10.1. The molecule has 3 rings (SSSR count). The van der Waals surface area contributed by atoms with E-state index in [-0.39, 0.29) is 24.9 Å². The van der Waals surface area contributed by atoms with Crippen LogP contribution in [0.3, 0.4) is 0 Å². The van der Waals surface area contributed by atoms with Gasteiger partial charge in [-0.2, -0.15) is 0 Å². The Kier molecular flexibility index (Phi) is 6.90. The summed E-state index contributed by atoms with van der Waals surface area (Å²) in [6, 6.07) is 14.4. The minimum atomic E-state index is -3.61. The minimum Gasteiger partial charge on any atom is -0.486 e. The van der Waals surface area contributed by atoms with Gasteiger partial charge in [0, 0.05) is 18.4 Å². The third-order valence-corrected chi connectivity index (χ3v) is 5.44. The van der Waals surface area contributed by atoms with Crippen molar-refractivity contribution in [1.29, 1.82) is 0 Å². The Bertz CT molecular complexity index is 974. The van der Waals surface area contributed by atoms with E-state index in [9.17, 15) is 13.2 Å². The molecule has 0 aromatic heterocycles. The lowest BCUT2D eigenvalue weighted by Crippen LogP contribution is -2.31. The van der Waals surface area contributed by atoms with E-state index in [4.69, 9.17) is 9.47 Å². The summed E-state index contributed by atoms with van der Waals surface area (Å²) in [5.41, 5.74) is 1.66. The number of nitrogens with one attached hydrogen (secondary N) is 2. The number of carbonyl (C=O) groups excluding carboxylic acids is 1. The highest BCUT2D eigenvalue weighted by atomic mass is 32.2. The number of hydrogen-bond donors (Lipinski definition) is 2. The van der Waals surface area contributed by atoms with Gasteiger partial charge >= 0.3 is 0 Å². The van der Waals surface area contributed by atoms with Crippen LogP contribution in [0.15, 0.2) is 53.9 Å². The molecule has 1 aliphatic heterocycles. The Morgan fingerprint density at radius 2 is 1.83 bits per heavy atom. The van der Waals surface area contributed by atoms with Gasteiger partial charge in [0.05, 0.1) is 6.04 Å². The molecule has 1 unspecified atom stereocenters. The van der Waals surface area contributed by atoms with E-state index in [0.29, 0.717) is 24.7 Å². The van der Waals surface area contributed by atoms with Crippen LogP contribution in [-0.2, 0) is 14.8 Å². The zero-order valence-electron chi connectivity index (χ0n) is 16.1.